The van der Waals surface area contributed by atoms with Crippen LogP contribution in [0.3, 0.4) is 0 Å². The lowest BCUT2D eigenvalue weighted by atomic mass is 9.89. The van der Waals surface area contributed by atoms with Crippen LogP contribution in [0.25, 0.3) is 10.2 Å². The highest BCUT2D eigenvalue weighted by Crippen LogP contribution is 2.39. The molecule has 0 bridgehead atoms. The van der Waals surface area contributed by atoms with Gasteiger partial charge in [-0.1, -0.05) is 6.92 Å². The summed E-state index contributed by atoms with van der Waals surface area (Å²) in [7, 11) is 0. The molecule has 1 aliphatic rings. The molecule has 6 heteroatoms. The number of aromatic nitrogens is 2. The molecular weight excluding hydrogens is 286 g/mol. The second kappa shape index (κ2) is 5.97. The molecule has 2 aromatic rings. The van der Waals surface area contributed by atoms with E-state index in [4.69, 9.17) is 5.11 Å². The molecular formula is C15H19N3O2S. The number of carboxylic acids is 1. The molecule has 0 amide bonds. The first kappa shape index (κ1) is 14.3. The number of hydrogen-bond acceptors (Lipinski definition) is 5. The molecule has 1 aliphatic carbocycles. The van der Waals surface area contributed by atoms with Gasteiger partial charge in [-0.3, -0.25) is 4.79 Å². The number of carbonyl (C=O) groups is 1. The number of aryl methyl sites for hydroxylation is 1. The van der Waals surface area contributed by atoms with Crippen LogP contribution in [-0.4, -0.2) is 27.6 Å². The molecule has 112 valence electrons. The third-order valence-electron chi connectivity index (χ3n) is 3.95. The van der Waals surface area contributed by atoms with Crippen LogP contribution < -0.4 is 5.32 Å². The third kappa shape index (κ3) is 3.00. The van der Waals surface area contributed by atoms with Gasteiger partial charge in [0.05, 0.1) is 5.39 Å². The predicted molar refractivity (Wildman–Crippen MR) is 84.0 cm³/mol. The molecule has 5 nitrogen and oxygen atoms in total. The lowest BCUT2D eigenvalue weighted by molar-refractivity contribution is -0.137. The zero-order valence-corrected chi connectivity index (χ0v) is 12.9. The molecule has 3 rings (SSSR count). The van der Waals surface area contributed by atoms with Crippen LogP contribution in [-0.2, 0) is 17.6 Å². The number of hydrogen-bond donors (Lipinski definition) is 2. The van der Waals surface area contributed by atoms with Gasteiger partial charge in [-0.15, -0.1) is 11.3 Å². The summed E-state index contributed by atoms with van der Waals surface area (Å²) in [5.74, 6) is 0.842. The SMILES string of the molecule is C[C@H]1CCc2c(sc3ncnc(NCCCC(=O)O)c23)C1. The fraction of sp³-hybridized carbons (Fsp3) is 0.533. The van der Waals surface area contributed by atoms with Gasteiger partial charge in [0.15, 0.2) is 0 Å². The topological polar surface area (TPSA) is 75.1 Å². The monoisotopic (exact) mass is 305 g/mol. The number of rotatable bonds is 5. The second-order valence-corrected chi connectivity index (χ2v) is 6.76. The van der Waals surface area contributed by atoms with Crippen LogP contribution in [0.5, 0.6) is 0 Å². The van der Waals surface area contributed by atoms with Crippen molar-refractivity contribution < 1.29 is 9.90 Å². The van der Waals surface area contributed by atoms with Gasteiger partial charge in [0.2, 0.25) is 0 Å². The van der Waals surface area contributed by atoms with Gasteiger partial charge in [0, 0.05) is 17.8 Å². The van der Waals surface area contributed by atoms with Crippen LogP contribution in [0.1, 0.15) is 36.6 Å². The molecule has 1 atom stereocenters. The lowest BCUT2D eigenvalue weighted by Gasteiger charge is -2.18. The zero-order valence-electron chi connectivity index (χ0n) is 12.1. The van der Waals surface area contributed by atoms with E-state index in [1.54, 1.807) is 17.7 Å². The number of nitrogens with one attached hydrogen (secondary N) is 1. The van der Waals surface area contributed by atoms with Crippen LogP contribution in [0.15, 0.2) is 6.33 Å². The van der Waals surface area contributed by atoms with Gasteiger partial charge in [-0.2, -0.15) is 0 Å². The number of thiophene rings is 1. The Hall–Kier alpha value is -1.69. The van der Waals surface area contributed by atoms with E-state index < -0.39 is 5.97 Å². The van der Waals surface area contributed by atoms with E-state index in [0.29, 0.717) is 13.0 Å². The highest BCUT2D eigenvalue weighted by Gasteiger charge is 2.22. The van der Waals surface area contributed by atoms with Crippen LogP contribution in [0, 0.1) is 5.92 Å². The molecule has 2 heterocycles. The summed E-state index contributed by atoms with van der Waals surface area (Å²) in [5.41, 5.74) is 1.40. The van der Waals surface area contributed by atoms with Crippen molar-refractivity contribution in [2.24, 2.45) is 5.92 Å². The summed E-state index contributed by atoms with van der Waals surface area (Å²) in [6, 6.07) is 0. The molecule has 0 unspecified atom stereocenters. The summed E-state index contributed by atoms with van der Waals surface area (Å²) in [6.07, 6.45) is 5.81. The Morgan fingerprint density at radius 2 is 2.38 bits per heavy atom. The highest BCUT2D eigenvalue weighted by molar-refractivity contribution is 7.19. The minimum absolute atomic E-state index is 0.181. The van der Waals surface area contributed by atoms with E-state index in [1.807, 2.05) is 0 Å². The average Bonchev–Trinajstić information content (AvgIpc) is 2.81. The Bertz CT molecular complexity index is 668. The fourth-order valence-corrected chi connectivity index (χ4v) is 4.21. The van der Waals surface area contributed by atoms with Crippen LogP contribution >= 0.6 is 11.3 Å². The van der Waals surface area contributed by atoms with E-state index in [2.05, 4.69) is 22.2 Å². The van der Waals surface area contributed by atoms with Gasteiger partial charge in [-0.25, -0.2) is 9.97 Å². The number of anilines is 1. The Morgan fingerprint density at radius 1 is 1.52 bits per heavy atom. The van der Waals surface area contributed by atoms with Gasteiger partial charge in [0.1, 0.15) is 17.0 Å². The predicted octanol–water partition coefficient (Wildman–Crippen LogP) is 3.09. The normalized spacial score (nSPS) is 17.7. The third-order valence-corrected chi connectivity index (χ3v) is 5.11. The number of nitrogens with zero attached hydrogens (tertiary/aromatic N) is 2. The van der Waals surface area contributed by atoms with Crippen molar-refractivity contribution in [2.75, 3.05) is 11.9 Å². The summed E-state index contributed by atoms with van der Waals surface area (Å²) in [4.78, 5) is 21.8. The van der Waals surface area contributed by atoms with Gasteiger partial charge >= 0.3 is 5.97 Å². The summed E-state index contributed by atoms with van der Waals surface area (Å²) < 4.78 is 0. The van der Waals surface area contributed by atoms with Crippen molar-refractivity contribution in [1.29, 1.82) is 0 Å². The summed E-state index contributed by atoms with van der Waals surface area (Å²) >= 11 is 1.78. The minimum Gasteiger partial charge on any atom is -0.481 e. The second-order valence-electron chi connectivity index (χ2n) is 5.68. The van der Waals surface area contributed by atoms with Gasteiger partial charge < -0.3 is 10.4 Å². The van der Waals surface area contributed by atoms with Crippen molar-refractivity contribution in [3.05, 3.63) is 16.8 Å². The average molecular weight is 305 g/mol. The summed E-state index contributed by atoms with van der Waals surface area (Å²) in [6.45, 7) is 2.92. The first-order valence-electron chi connectivity index (χ1n) is 7.36. The number of carboxylic acid groups (broad SMARTS) is 1. The standard InChI is InChI=1S/C15H19N3O2S/c1-9-4-5-10-11(7-9)21-15-13(10)14(17-8-18-15)16-6-2-3-12(19)20/h8-9H,2-7H2,1H3,(H,19,20)(H,16,17,18)/t9-/m0/s1. The molecule has 0 saturated heterocycles. The molecule has 2 N–H and O–H groups in total. The molecule has 0 radical (unpaired) electrons. The maximum Gasteiger partial charge on any atom is 0.303 e. The molecule has 21 heavy (non-hydrogen) atoms. The Balaban J connectivity index is 1.84. The highest BCUT2D eigenvalue weighted by atomic mass is 32.1. The van der Waals surface area contributed by atoms with Crippen LogP contribution in [0.4, 0.5) is 5.82 Å². The maximum absolute atomic E-state index is 10.6. The van der Waals surface area contributed by atoms with Crippen LogP contribution in [0.2, 0.25) is 0 Å². The van der Waals surface area contributed by atoms with E-state index in [-0.39, 0.29) is 6.42 Å². The lowest BCUT2D eigenvalue weighted by Crippen LogP contribution is -2.10. The van der Waals surface area contributed by atoms with E-state index in [0.717, 1.165) is 34.8 Å². The van der Waals surface area contributed by atoms with E-state index in [9.17, 15) is 4.79 Å². The maximum atomic E-state index is 10.6. The largest absolute Gasteiger partial charge is 0.481 e. The molecule has 0 saturated carbocycles. The first-order chi connectivity index (χ1) is 10.1. The Kier molecular flexibility index (Phi) is 4.05. The zero-order chi connectivity index (χ0) is 14.8. The quantitative estimate of drug-likeness (QED) is 0.830. The summed E-state index contributed by atoms with van der Waals surface area (Å²) in [5, 5.41) is 13.1. The molecule has 0 aromatic carbocycles. The fourth-order valence-electron chi connectivity index (χ4n) is 2.86. The van der Waals surface area contributed by atoms with Gasteiger partial charge in [-0.05, 0) is 37.2 Å². The van der Waals surface area contributed by atoms with E-state index in [1.165, 1.54) is 16.9 Å². The van der Waals surface area contributed by atoms with E-state index >= 15 is 0 Å². The van der Waals surface area contributed by atoms with Crippen molar-refractivity contribution in [1.82, 2.24) is 9.97 Å². The van der Waals surface area contributed by atoms with Crippen molar-refractivity contribution >= 4 is 33.3 Å². The number of aliphatic carboxylic acids is 1. The van der Waals surface area contributed by atoms with Gasteiger partial charge in [0.25, 0.3) is 0 Å². The minimum atomic E-state index is -0.758. The smallest absolute Gasteiger partial charge is 0.303 e. The van der Waals surface area contributed by atoms with Crippen molar-refractivity contribution in [3.63, 3.8) is 0 Å². The Morgan fingerprint density at radius 3 is 3.19 bits per heavy atom. The Labute approximate surface area is 127 Å². The molecule has 0 aliphatic heterocycles. The number of fused-ring (bicyclic) bond motifs is 3. The van der Waals surface area contributed by atoms with Crippen molar-refractivity contribution in [2.45, 2.75) is 39.0 Å². The van der Waals surface area contributed by atoms with Crippen molar-refractivity contribution in [3.8, 4) is 0 Å². The first-order valence-corrected chi connectivity index (χ1v) is 8.17. The molecule has 0 spiro atoms. The molecule has 0 fully saturated rings. The molecule has 2 aromatic heterocycles.